The lowest BCUT2D eigenvalue weighted by Gasteiger charge is -2.33. The summed E-state index contributed by atoms with van der Waals surface area (Å²) in [7, 11) is 2.06. The number of likely N-dealkylation sites (N-methyl/N-ethyl adjacent to an activating group) is 1. The van der Waals surface area contributed by atoms with E-state index < -0.39 is 0 Å². The molecule has 1 saturated heterocycles. The summed E-state index contributed by atoms with van der Waals surface area (Å²) in [5.41, 5.74) is 0.622. The molecule has 0 aromatic heterocycles. The topological polar surface area (TPSA) is 52.7 Å². The highest BCUT2D eigenvalue weighted by molar-refractivity contribution is 5.94. The highest BCUT2D eigenvalue weighted by atomic mass is 16.2. The van der Waals surface area contributed by atoms with Crippen molar-refractivity contribution in [2.45, 2.75) is 19.4 Å². The van der Waals surface area contributed by atoms with Crippen LogP contribution in [0.25, 0.3) is 0 Å². The van der Waals surface area contributed by atoms with Gasteiger partial charge in [0.2, 0.25) is 5.91 Å². The van der Waals surface area contributed by atoms with Crippen molar-refractivity contribution >= 4 is 11.8 Å². The molecular formula is C16H23N3O2. The summed E-state index contributed by atoms with van der Waals surface area (Å²) >= 11 is 0. The Bertz CT molecular complexity index is 482. The predicted octanol–water partition coefficient (Wildman–Crippen LogP) is 0.969. The summed E-state index contributed by atoms with van der Waals surface area (Å²) in [5, 5.41) is 2.88. The van der Waals surface area contributed by atoms with Gasteiger partial charge >= 0.3 is 0 Å². The molecule has 2 rings (SSSR count). The molecule has 0 aliphatic carbocycles. The molecule has 0 bridgehead atoms. The predicted molar refractivity (Wildman–Crippen MR) is 82.1 cm³/mol. The fourth-order valence-electron chi connectivity index (χ4n) is 2.39. The molecule has 0 spiro atoms. The van der Waals surface area contributed by atoms with Crippen LogP contribution in [0.4, 0.5) is 0 Å². The number of rotatable bonds is 4. The monoisotopic (exact) mass is 289 g/mol. The molecule has 21 heavy (non-hydrogen) atoms. The number of hydrogen-bond acceptors (Lipinski definition) is 3. The lowest BCUT2D eigenvalue weighted by molar-refractivity contribution is -0.133. The molecule has 1 unspecified atom stereocenters. The normalized spacial score (nSPS) is 17.3. The number of hydrogen-bond donors (Lipinski definition) is 1. The van der Waals surface area contributed by atoms with Crippen molar-refractivity contribution in [2.75, 3.05) is 33.2 Å². The van der Waals surface area contributed by atoms with E-state index in [2.05, 4.69) is 17.3 Å². The van der Waals surface area contributed by atoms with E-state index in [1.54, 1.807) is 12.1 Å². The molecule has 5 nitrogen and oxygen atoms in total. The molecule has 2 amide bonds. The Morgan fingerprint density at radius 3 is 2.38 bits per heavy atom. The average molecular weight is 289 g/mol. The smallest absolute Gasteiger partial charge is 0.251 e. The van der Waals surface area contributed by atoms with Crippen molar-refractivity contribution in [1.82, 2.24) is 15.1 Å². The van der Waals surface area contributed by atoms with Gasteiger partial charge in [0.1, 0.15) is 0 Å². The van der Waals surface area contributed by atoms with Gasteiger partial charge < -0.3 is 15.1 Å². The number of benzene rings is 1. The van der Waals surface area contributed by atoms with Gasteiger partial charge in [-0.05, 0) is 26.1 Å². The molecule has 1 aliphatic rings. The summed E-state index contributed by atoms with van der Waals surface area (Å²) in [5.74, 6) is -0.0155. The first-order valence-electron chi connectivity index (χ1n) is 7.38. The van der Waals surface area contributed by atoms with E-state index in [4.69, 9.17) is 0 Å². The van der Waals surface area contributed by atoms with Crippen molar-refractivity contribution in [3.63, 3.8) is 0 Å². The van der Waals surface area contributed by atoms with Crippen molar-refractivity contribution in [1.29, 1.82) is 0 Å². The highest BCUT2D eigenvalue weighted by Gasteiger charge is 2.21. The molecular weight excluding hydrogens is 266 g/mol. The van der Waals surface area contributed by atoms with Gasteiger partial charge in [-0.2, -0.15) is 0 Å². The summed E-state index contributed by atoms with van der Waals surface area (Å²) in [6, 6.07) is 8.90. The maximum Gasteiger partial charge on any atom is 0.251 e. The molecule has 0 saturated carbocycles. The molecule has 1 aromatic carbocycles. The lowest BCUT2D eigenvalue weighted by atomic mass is 10.1. The second kappa shape index (κ2) is 7.22. The number of nitrogens with one attached hydrogen (secondary N) is 1. The highest BCUT2D eigenvalue weighted by Crippen LogP contribution is 2.05. The standard InChI is InChI=1S/C16H23N3O2/c1-13(17-16(21)14-6-4-3-5-7-14)12-15(20)19-10-8-18(2)9-11-19/h3-7,13H,8-12H2,1-2H3,(H,17,21). The lowest BCUT2D eigenvalue weighted by Crippen LogP contribution is -2.48. The third-order valence-corrected chi connectivity index (χ3v) is 3.75. The van der Waals surface area contributed by atoms with E-state index in [0.717, 1.165) is 26.2 Å². The molecule has 1 N–H and O–H groups in total. The van der Waals surface area contributed by atoms with Crippen LogP contribution < -0.4 is 5.32 Å². The maximum absolute atomic E-state index is 12.2. The Morgan fingerprint density at radius 1 is 1.14 bits per heavy atom. The van der Waals surface area contributed by atoms with Gasteiger partial charge in [-0.3, -0.25) is 9.59 Å². The Hall–Kier alpha value is -1.88. The number of carbonyl (C=O) groups excluding carboxylic acids is 2. The van der Waals surface area contributed by atoms with Crippen molar-refractivity contribution in [2.24, 2.45) is 0 Å². The minimum absolute atomic E-state index is 0.115. The average Bonchev–Trinajstić information content (AvgIpc) is 2.48. The van der Waals surface area contributed by atoms with E-state index in [1.165, 1.54) is 0 Å². The zero-order valence-electron chi connectivity index (χ0n) is 12.7. The fraction of sp³-hybridized carbons (Fsp3) is 0.500. The van der Waals surface area contributed by atoms with Crippen LogP contribution in [0.3, 0.4) is 0 Å². The Kier molecular flexibility index (Phi) is 5.33. The molecule has 114 valence electrons. The number of nitrogens with zero attached hydrogens (tertiary/aromatic N) is 2. The number of piperazine rings is 1. The van der Waals surface area contributed by atoms with E-state index in [1.807, 2.05) is 30.0 Å². The summed E-state index contributed by atoms with van der Waals surface area (Å²) in [4.78, 5) is 28.3. The SMILES string of the molecule is CC(CC(=O)N1CCN(C)CC1)NC(=O)c1ccccc1. The van der Waals surface area contributed by atoms with Crippen LogP contribution in [-0.4, -0.2) is 60.9 Å². The largest absolute Gasteiger partial charge is 0.349 e. The fourth-order valence-corrected chi connectivity index (χ4v) is 2.39. The van der Waals surface area contributed by atoms with E-state index in [0.29, 0.717) is 12.0 Å². The van der Waals surface area contributed by atoms with Gasteiger partial charge in [-0.25, -0.2) is 0 Å². The molecule has 1 aliphatic heterocycles. The van der Waals surface area contributed by atoms with Crippen LogP contribution in [-0.2, 0) is 4.79 Å². The van der Waals surface area contributed by atoms with Crippen LogP contribution in [0.2, 0.25) is 0 Å². The van der Waals surface area contributed by atoms with E-state index >= 15 is 0 Å². The third-order valence-electron chi connectivity index (χ3n) is 3.75. The minimum Gasteiger partial charge on any atom is -0.349 e. The van der Waals surface area contributed by atoms with Gasteiger partial charge in [0.15, 0.2) is 0 Å². The molecule has 1 aromatic rings. The Labute approximate surface area is 125 Å². The molecule has 5 heteroatoms. The quantitative estimate of drug-likeness (QED) is 0.898. The second-order valence-electron chi connectivity index (χ2n) is 5.63. The third kappa shape index (κ3) is 4.56. The maximum atomic E-state index is 12.2. The van der Waals surface area contributed by atoms with Crippen molar-refractivity contribution in [3.05, 3.63) is 35.9 Å². The number of amides is 2. The first kappa shape index (κ1) is 15.5. The van der Waals surface area contributed by atoms with Crippen LogP contribution >= 0.6 is 0 Å². The summed E-state index contributed by atoms with van der Waals surface area (Å²) in [6.07, 6.45) is 0.349. The van der Waals surface area contributed by atoms with E-state index in [-0.39, 0.29) is 17.9 Å². The Morgan fingerprint density at radius 2 is 1.76 bits per heavy atom. The first-order valence-corrected chi connectivity index (χ1v) is 7.38. The summed E-state index contributed by atoms with van der Waals surface area (Å²) < 4.78 is 0. The van der Waals surface area contributed by atoms with Crippen LogP contribution in [0.15, 0.2) is 30.3 Å². The summed E-state index contributed by atoms with van der Waals surface area (Å²) in [6.45, 7) is 5.24. The molecule has 1 atom stereocenters. The Balaban J connectivity index is 1.80. The zero-order chi connectivity index (χ0) is 15.2. The first-order chi connectivity index (χ1) is 10.1. The van der Waals surface area contributed by atoms with E-state index in [9.17, 15) is 9.59 Å². The molecule has 0 radical (unpaired) electrons. The molecule has 1 fully saturated rings. The zero-order valence-corrected chi connectivity index (χ0v) is 12.7. The van der Waals surface area contributed by atoms with Crippen LogP contribution in [0.1, 0.15) is 23.7 Å². The van der Waals surface area contributed by atoms with Crippen LogP contribution in [0, 0.1) is 0 Å². The van der Waals surface area contributed by atoms with Gasteiger partial charge in [0.05, 0.1) is 0 Å². The van der Waals surface area contributed by atoms with Crippen LogP contribution in [0.5, 0.6) is 0 Å². The minimum atomic E-state index is -0.162. The van der Waals surface area contributed by atoms with Crippen molar-refractivity contribution in [3.8, 4) is 0 Å². The van der Waals surface area contributed by atoms with Gasteiger partial charge in [0.25, 0.3) is 5.91 Å². The number of carbonyl (C=O) groups is 2. The van der Waals surface area contributed by atoms with Gasteiger partial charge in [-0.15, -0.1) is 0 Å². The van der Waals surface area contributed by atoms with Gasteiger partial charge in [-0.1, -0.05) is 18.2 Å². The second-order valence-corrected chi connectivity index (χ2v) is 5.63. The van der Waals surface area contributed by atoms with Crippen molar-refractivity contribution < 1.29 is 9.59 Å². The van der Waals surface area contributed by atoms with Gasteiger partial charge in [0, 0.05) is 44.2 Å². The molecule has 1 heterocycles.